The smallest absolute Gasteiger partial charge is 0.146 e. The molecule has 1 aromatic rings. The summed E-state index contributed by atoms with van der Waals surface area (Å²) in [4.78, 5) is 2.01. The van der Waals surface area contributed by atoms with Gasteiger partial charge in [-0.1, -0.05) is 6.07 Å². The molecule has 19 heavy (non-hydrogen) atoms. The van der Waals surface area contributed by atoms with Crippen molar-refractivity contribution >= 4 is 5.69 Å². The van der Waals surface area contributed by atoms with Crippen LogP contribution in [-0.2, 0) is 0 Å². The van der Waals surface area contributed by atoms with Crippen LogP contribution in [0.15, 0.2) is 18.2 Å². The Morgan fingerprint density at radius 3 is 2.89 bits per heavy atom. The van der Waals surface area contributed by atoms with Crippen molar-refractivity contribution < 1.29 is 9.50 Å². The van der Waals surface area contributed by atoms with Crippen molar-refractivity contribution in [1.29, 1.82) is 0 Å². The SMILES string of the molecule is CNC(C)c1ccc(N2CCCCC2CO)c(F)c1. The van der Waals surface area contributed by atoms with E-state index in [1.54, 1.807) is 6.07 Å². The van der Waals surface area contributed by atoms with E-state index in [-0.39, 0.29) is 24.5 Å². The zero-order valence-corrected chi connectivity index (χ0v) is 11.7. The Morgan fingerprint density at radius 2 is 2.26 bits per heavy atom. The predicted octanol–water partition coefficient (Wildman–Crippen LogP) is 2.46. The lowest BCUT2D eigenvalue weighted by molar-refractivity contribution is 0.239. The Balaban J connectivity index is 2.24. The number of aliphatic hydroxyl groups excluding tert-OH is 1. The van der Waals surface area contributed by atoms with Gasteiger partial charge in [-0.05, 0) is 50.9 Å². The summed E-state index contributed by atoms with van der Waals surface area (Å²) in [5.74, 6) is -0.194. The highest BCUT2D eigenvalue weighted by Gasteiger charge is 2.24. The van der Waals surface area contributed by atoms with Crippen LogP contribution in [0, 0.1) is 5.82 Å². The Bertz CT molecular complexity index is 425. The van der Waals surface area contributed by atoms with E-state index in [4.69, 9.17) is 0 Å². The molecule has 0 spiro atoms. The van der Waals surface area contributed by atoms with Gasteiger partial charge in [-0.3, -0.25) is 0 Å². The number of anilines is 1. The van der Waals surface area contributed by atoms with Crippen LogP contribution >= 0.6 is 0 Å². The third kappa shape index (κ3) is 3.07. The molecule has 0 amide bonds. The summed E-state index contributed by atoms with van der Waals surface area (Å²) in [6, 6.07) is 5.59. The van der Waals surface area contributed by atoms with E-state index in [1.807, 2.05) is 31.0 Å². The minimum atomic E-state index is -0.194. The van der Waals surface area contributed by atoms with Gasteiger partial charge < -0.3 is 15.3 Å². The molecule has 0 aromatic heterocycles. The number of nitrogens with one attached hydrogen (secondary N) is 1. The first kappa shape index (κ1) is 14.3. The number of aliphatic hydroxyl groups is 1. The Kier molecular flexibility index (Phi) is 4.77. The normalized spacial score (nSPS) is 21.5. The van der Waals surface area contributed by atoms with Crippen molar-refractivity contribution in [1.82, 2.24) is 5.32 Å². The molecule has 1 heterocycles. The molecule has 2 rings (SSSR count). The Hall–Kier alpha value is -1.13. The van der Waals surface area contributed by atoms with Crippen LogP contribution in [0.2, 0.25) is 0 Å². The second-order valence-corrected chi connectivity index (χ2v) is 5.25. The van der Waals surface area contributed by atoms with Crippen molar-refractivity contribution in [2.75, 3.05) is 25.1 Å². The van der Waals surface area contributed by atoms with Crippen LogP contribution in [0.25, 0.3) is 0 Å². The average Bonchev–Trinajstić information content (AvgIpc) is 2.46. The lowest BCUT2D eigenvalue weighted by atomic mass is 10.0. The van der Waals surface area contributed by atoms with Gasteiger partial charge in [-0.2, -0.15) is 0 Å². The van der Waals surface area contributed by atoms with Crippen molar-refractivity contribution in [3.05, 3.63) is 29.6 Å². The number of piperidine rings is 1. The third-order valence-electron chi connectivity index (χ3n) is 4.05. The van der Waals surface area contributed by atoms with Crippen LogP contribution in [-0.4, -0.2) is 31.3 Å². The van der Waals surface area contributed by atoms with E-state index in [0.717, 1.165) is 31.4 Å². The summed E-state index contributed by atoms with van der Waals surface area (Å²) in [6.45, 7) is 2.92. The van der Waals surface area contributed by atoms with Crippen LogP contribution in [0.1, 0.15) is 37.8 Å². The summed E-state index contributed by atoms with van der Waals surface area (Å²) < 4.78 is 14.3. The average molecular weight is 266 g/mol. The molecule has 1 aliphatic rings. The monoisotopic (exact) mass is 266 g/mol. The van der Waals surface area contributed by atoms with Gasteiger partial charge in [-0.15, -0.1) is 0 Å². The zero-order valence-electron chi connectivity index (χ0n) is 11.7. The molecular formula is C15H23FN2O. The van der Waals surface area contributed by atoms with E-state index < -0.39 is 0 Å². The number of nitrogens with zero attached hydrogens (tertiary/aromatic N) is 1. The topological polar surface area (TPSA) is 35.5 Å². The molecule has 0 aliphatic carbocycles. The van der Waals surface area contributed by atoms with Crippen molar-refractivity contribution in [3.63, 3.8) is 0 Å². The number of hydrogen-bond donors (Lipinski definition) is 2. The van der Waals surface area contributed by atoms with E-state index in [0.29, 0.717) is 5.69 Å². The van der Waals surface area contributed by atoms with Crippen molar-refractivity contribution in [2.45, 2.75) is 38.3 Å². The lowest BCUT2D eigenvalue weighted by Crippen LogP contribution is -2.42. The molecule has 0 radical (unpaired) electrons. The molecule has 3 nitrogen and oxygen atoms in total. The molecule has 1 aliphatic heterocycles. The maximum absolute atomic E-state index is 14.3. The molecule has 2 atom stereocenters. The van der Waals surface area contributed by atoms with Gasteiger partial charge in [0.1, 0.15) is 5.82 Å². The Morgan fingerprint density at radius 1 is 1.47 bits per heavy atom. The highest BCUT2D eigenvalue weighted by atomic mass is 19.1. The number of hydrogen-bond acceptors (Lipinski definition) is 3. The first-order valence-corrected chi connectivity index (χ1v) is 7.01. The first-order chi connectivity index (χ1) is 9.17. The minimum absolute atomic E-state index is 0.0517. The number of benzene rings is 1. The second-order valence-electron chi connectivity index (χ2n) is 5.25. The highest BCUT2D eigenvalue weighted by molar-refractivity contribution is 5.51. The molecule has 106 valence electrons. The van der Waals surface area contributed by atoms with Crippen molar-refractivity contribution in [2.24, 2.45) is 0 Å². The van der Waals surface area contributed by atoms with Gasteiger partial charge in [0, 0.05) is 12.6 Å². The number of rotatable bonds is 4. The molecule has 0 bridgehead atoms. The van der Waals surface area contributed by atoms with Crippen LogP contribution in [0.5, 0.6) is 0 Å². The minimum Gasteiger partial charge on any atom is -0.394 e. The van der Waals surface area contributed by atoms with Crippen LogP contribution < -0.4 is 10.2 Å². The zero-order chi connectivity index (χ0) is 13.8. The maximum Gasteiger partial charge on any atom is 0.146 e. The van der Waals surface area contributed by atoms with E-state index >= 15 is 0 Å². The number of halogens is 1. The van der Waals surface area contributed by atoms with Gasteiger partial charge in [0.25, 0.3) is 0 Å². The predicted molar refractivity (Wildman–Crippen MR) is 75.9 cm³/mol. The molecule has 4 heteroatoms. The highest BCUT2D eigenvalue weighted by Crippen LogP contribution is 2.28. The molecule has 1 fully saturated rings. The van der Waals surface area contributed by atoms with Crippen molar-refractivity contribution in [3.8, 4) is 0 Å². The fourth-order valence-electron chi connectivity index (χ4n) is 2.70. The first-order valence-electron chi connectivity index (χ1n) is 7.01. The van der Waals surface area contributed by atoms with Gasteiger partial charge in [0.05, 0.1) is 18.3 Å². The summed E-state index contributed by atoms with van der Waals surface area (Å²) in [6.07, 6.45) is 3.10. The molecule has 1 saturated heterocycles. The van der Waals surface area contributed by atoms with E-state index in [9.17, 15) is 9.50 Å². The van der Waals surface area contributed by atoms with E-state index in [1.165, 1.54) is 0 Å². The summed E-state index contributed by atoms with van der Waals surface area (Å²) in [5, 5.41) is 12.5. The molecule has 2 N–H and O–H groups in total. The van der Waals surface area contributed by atoms with Gasteiger partial charge in [0.15, 0.2) is 0 Å². The standard InChI is InChI=1S/C15H23FN2O/c1-11(17-2)12-6-7-15(14(16)9-12)18-8-4-3-5-13(18)10-19/h6-7,9,11,13,17,19H,3-5,8,10H2,1-2H3. The van der Waals surface area contributed by atoms with E-state index in [2.05, 4.69) is 5.32 Å². The fraction of sp³-hybridized carbons (Fsp3) is 0.600. The second kappa shape index (κ2) is 6.35. The summed E-state index contributed by atoms with van der Waals surface area (Å²) >= 11 is 0. The fourth-order valence-corrected chi connectivity index (χ4v) is 2.70. The third-order valence-corrected chi connectivity index (χ3v) is 4.05. The van der Waals surface area contributed by atoms with Gasteiger partial charge in [-0.25, -0.2) is 4.39 Å². The molecule has 2 unspecified atom stereocenters. The quantitative estimate of drug-likeness (QED) is 0.878. The molecule has 0 saturated carbocycles. The maximum atomic E-state index is 14.3. The van der Waals surface area contributed by atoms with Crippen LogP contribution in [0.3, 0.4) is 0 Å². The molecule has 1 aromatic carbocycles. The summed E-state index contributed by atoms with van der Waals surface area (Å²) in [5.41, 5.74) is 1.56. The largest absolute Gasteiger partial charge is 0.394 e. The Labute approximate surface area is 114 Å². The van der Waals surface area contributed by atoms with Gasteiger partial charge in [0.2, 0.25) is 0 Å². The van der Waals surface area contributed by atoms with Gasteiger partial charge >= 0.3 is 0 Å². The summed E-state index contributed by atoms with van der Waals surface area (Å²) in [7, 11) is 1.86. The van der Waals surface area contributed by atoms with Crippen LogP contribution in [0.4, 0.5) is 10.1 Å². The molecular weight excluding hydrogens is 243 g/mol. The lowest BCUT2D eigenvalue weighted by Gasteiger charge is -2.36.